The number of rotatable bonds is 6. The Hall–Kier alpha value is -2.91. The summed E-state index contributed by atoms with van der Waals surface area (Å²) < 4.78 is 4.98. The molecule has 9 heteroatoms. The van der Waals surface area contributed by atoms with Gasteiger partial charge in [-0.2, -0.15) is 0 Å². The number of ether oxygens (including phenoxy) is 1. The maximum Gasteiger partial charge on any atom is 0.338 e. The van der Waals surface area contributed by atoms with Crippen molar-refractivity contribution in [3.63, 3.8) is 0 Å². The summed E-state index contributed by atoms with van der Waals surface area (Å²) in [6, 6.07) is 6.95. The molecule has 1 aromatic heterocycles. The zero-order valence-corrected chi connectivity index (χ0v) is 15.6. The molecule has 0 unspecified atom stereocenters. The Morgan fingerprint density at radius 3 is 2.48 bits per heavy atom. The number of anilines is 4. The minimum Gasteiger partial charge on any atom is -0.462 e. The molecule has 0 aliphatic carbocycles. The van der Waals surface area contributed by atoms with Gasteiger partial charge in [0.05, 0.1) is 12.2 Å². The molecule has 4 N–H and O–H groups in total. The van der Waals surface area contributed by atoms with E-state index in [4.69, 9.17) is 10.5 Å². The molecule has 1 aliphatic heterocycles. The molecule has 3 rings (SSSR count). The molecular formula is C18H25N7O2. The largest absolute Gasteiger partial charge is 0.462 e. The van der Waals surface area contributed by atoms with Crippen molar-refractivity contribution in [1.29, 1.82) is 0 Å². The maximum atomic E-state index is 11.7. The zero-order valence-electron chi connectivity index (χ0n) is 15.6. The monoisotopic (exact) mass is 371 g/mol. The molecule has 0 bridgehead atoms. The lowest BCUT2D eigenvalue weighted by Crippen LogP contribution is -2.47. The molecule has 2 aromatic rings. The number of likely N-dealkylation sites (N-methyl/N-ethyl adjacent to an activating group) is 1. The van der Waals surface area contributed by atoms with E-state index in [1.54, 1.807) is 31.2 Å². The average Bonchev–Trinajstić information content (AvgIpc) is 2.67. The van der Waals surface area contributed by atoms with E-state index in [2.05, 4.69) is 37.7 Å². The molecule has 1 aliphatic rings. The third kappa shape index (κ3) is 4.83. The molecule has 0 radical (unpaired) electrons. The van der Waals surface area contributed by atoms with Crippen LogP contribution in [0.4, 0.5) is 23.0 Å². The van der Waals surface area contributed by atoms with Gasteiger partial charge in [0.25, 0.3) is 0 Å². The van der Waals surface area contributed by atoms with Crippen molar-refractivity contribution < 1.29 is 9.53 Å². The number of carbonyl (C=O) groups is 1. The van der Waals surface area contributed by atoms with E-state index >= 15 is 0 Å². The van der Waals surface area contributed by atoms with Crippen LogP contribution in [0.3, 0.4) is 0 Å². The van der Waals surface area contributed by atoms with Crippen LogP contribution in [0.5, 0.6) is 0 Å². The first kappa shape index (κ1) is 18.9. The van der Waals surface area contributed by atoms with E-state index in [0.29, 0.717) is 29.5 Å². The van der Waals surface area contributed by atoms with Gasteiger partial charge in [-0.3, -0.25) is 0 Å². The molecule has 144 valence electrons. The molecule has 0 saturated carbocycles. The highest BCUT2D eigenvalue weighted by Gasteiger charge is 2.16. The molecule has 9 nitrogen and oxygen atoms in total. The van der Waals surface area contributed by atoms with Gasteiger partial charge >= 0.3 is 5.97 Å². The van der Waals surface area contributed by atoms with Gasteiger partial charge in [-0.25, -0.2) is 19.8 Å². The Morgan fingerprint density at radius 1 is 1.15 bits per heavy atom. The Kier molecular flexibility index (Phi) is 6.05. The van der Waals surface area contributed by atoms with E-state index in [-0.39, 0.29) is 5.97 Å². The Morgan fingerprint density at radius 2 is 1.81 bits per heavy atom. The second-order valence-electron chi connectivity index (χ2n) is 6.31. The number of benzene rings is 1. The van der Waals surface area contributed by atoms with Crippen LogP contribution in [0.2, 0.25) is 0 Å². The molecule has 0 atom stereocenters. The van der Waals surface area contributed by atoms with Crippen molar-refractivity contribution in [2.45, 2.75) is 6.92 Å². The van der Waals surface area contributed by atoms with Crippen molar-refractivity contribution in [3.8, 4) is 0 Å². The SMILES string of the molecule is CCOC(=O)c1ccc(Nc2ncnc(NN3CCN(C)CC3)c2N)cc1. The highest BCUT2D eigenvalue weighted by atomic mass is 16.5. The van der Waals surface area contributed by atoms with Crippen LogP contribution in [0.1, 0.15) is 17.3 Å². The number of nitrogens with zero attached hydrogens (tertiary/aromatic N) is 4. The fourth-order valence-corrected chi connectivity index (χ4v) is 2.69. The number of hydrogen-bond donors (Lipinski definition) is 3. The number of hydrogen-bond acceptors (Lipinski definition) is 9. The van der Waals surface area contributed by atoms with Crippen LogP contribution in [0.15, 0.2) is 30.6 Å². The first-order valence-electron chi connectivity index (χ1n) is 8.91. The van der Waals surface area contributed by atoms with E-state index in [0.717, 1.165) is 31.9 Å². The van der Waals surface area contributed by atoms with Crippen LogP contribution < -0.4 is 16.5 Å². The van der Waals surface area contributed by atoms with Gasteiger partial charge in [0.2, 0.25) is 0 Å². The second-order valence-corrected chi connectivity index (χ2v) is 6.31. The number of nitrogen functional groups attached to an aromatic ring is 1. The van der Waals surface area contributed by atoms with Gasteiger partial charge in [0.15, 0.2) is 11.6 Å². The van der Waals surface area contributed by atoms with E-state index in [9.17, 15) is 4.79 Å². The maximum absolute atomic E-state index is 11.7. The molecular weight excluding hydrogens is 346 g/mol. The van der Waals surface area contributed by atoms with Crippen molar-refractivity contribution in [1.82, 2.24) is 19.9 Å². The van der Waals surface area contributed by atoms with Crippen molar-refractivity contribution in [3.05, 3.63) is 36.2 Å². The summed E-state index contributed by atoms with van der Waals surface area (Å²) in [6.45, 7) is 5.86. The van der Waals surface area contributed by atoms with Gasteiger partial charge in [0, 0.05) is 31.9 Å². The third-order valence-corrected chi connectivity index (χ3v) is 4.31. The van der Waals surface area contributed by atoms with E-state index in [1.165, 1.54) is 6.33 Å². The highest BCUT2D eigenvalue weighted by Crippen LogP contribution is 2.26. The number of hydrazine groups is 1. The van der Waals surface area contributed by atoms with Gasteiger partial charge in [0.1, 0.15) is 12.0 Å². The number of piperazine rings is 1. The molecule has 1 fully saturated rings. The number of nitrogens with two attached hydrogens (primary N) is 1. The number of esters is 1. The van der Waals surface area contributed by atoms with Crippen LogP contribution in [-0.2, 0) is 4.74 Å². The molecule has 0 spiro atoms. The first-order valence-corrected chi connectivity index (χ1v) is 8.91. The summed E-state index contributed by atoms with van der Waals surface area (Å²) in [5.41, 5.74) is 11.2. The normalized spacial score (nSPS) is 15.3. The minimum atomic E-state index is -0.343. The summed E-state index contributed by atoms with van der Waals surface area (Å²) in [4.78, 5) is 22.5. The van der Waals surface area contributed by atoms with Gasteiger partial charge in [-0.1, -0.05) is 0 Å². The average molecular weight is 371 g/mol. The quantitative estimate of drug-likeness (QED) is 0.652. The fourth-order valence-electron chi connectivity index (χ4n) is 2.69. The molecule has 27 heavy (non-hydrogen) atoms. The minimum absolute atomic E-state index is 0.343. The standard InChI is InChI=1S/C18H25N7O2/c1-3-27-18(26)13-4-6-14(7-5-13)22-16-15(19)17(21-12-20-16)23-25-10-8-24(2)9-11-25/h4-7,12H,3,8-11,19H2,1-2H3,(H2,20,21,22,23). The topological polar surface area (TPSA) is 109 Å². The molecule has 1 saturated heterocycles. The van der Waals surface area contributed by atoms with Crippen molar-refractivity contribution in [2.75, 3.05) is 56.3 Å². The summed E-state index contributed by atoms with van der Waals surface area (Å²) in [7, 11) is 2.10. The Bertz CT molecular complexity index is 774. The van der Waals surface area contributed by atoms with Gasteiger partial charge in [-0.15, -0.1) is 0 Å². The molecule has 2 heterocycles. The number of nitrogens with one attached hydrogen (secondary N) is 2. The summed E-state index contributed by atoms with van der Waals surface area (Å²) in [5.74, 6) is 0.731. The van der Waals surface area contributed by atoms with Gasteiger partial charge < -0.3 is 26.1 Å². The highest BCUT2D eigenvalue weighted by molar-refractivity contribution is 5.90. The third-order valence-electron chi connectivity index (χ3n) is 4.31. The van der Waals surface area contributed by atoms with Gasteiger partial charge in [-0.05, 0) is 38.2 Å². The number of aromatic nitrogens is 2. The van der Waals surface area contributed by atoms with E-state index in [1.807, 2.05) is 0 Å². The van der Waals surface area contributed by atoms with Crippen LogP contribution in [-0.4, -0.2) is 65.7 Å². The zero-order chi connectivity index (χ0) is 19.2. The fraction of sp³-hybridized carbons (Fsp3) is 0.389. The second kappa shape index (κ2) is 8.65. The lowest BCUT2D eigenvalue weighted by Gasteiger charge is -2.32. The van der Waals surface area contributed by atoms with Crippen LogP contribution in [0, 0.1) is 0 Å². The predicted octanol–water partition coefficient (Wildman–Crippen LogP) is 1.55. The van der Waals surface area contributed by atoms with Crippen molar-refractivity contribution >= 4 is 29.0 Å². The predicted molar refractivity (Wildman–Crippen MR) is 105 cm³/mol. The number of carbonyl (C=O) groups excluding carboxylic acids is 1. The summed E-state index contributed by atoms with van der Waals surface area (Å²) >= 11 is 0. The summed E-state index contributed by atoms with van der Waals surface area (Å²) in [5, 5.41) is 5.25. The Balaban J connectivity index is 1.67. The lowest BCUT2D eigenvalue weighted by atomic mass is 10.2. The van der Waals surface area contributed by atoms with Crippen LogP contribution >= 0.6 is 0 Å². The smallest absolute Gasteiger partial charge is 0.338 e. The summed E-state index contributed by atoms with van der Waals surface area (Å²) in [6.07, 6.45) is 1.46. The Labute approximate surface area is 158 Å². The molecule has 1 aromatic carbocycles. The van der Waals surface area contributed by atoms with Crippen molar-refractivity contribution in [2.24, 2.45) is 0 Å². The van der Waals surface area contributed by atoms with Crippen LogP contribution in [0.25, 0.3) is 0 Å². The molecule has 0 amide bonds. The van der Waals surface area contributed by atoms with E-state index < -0.39 is 0 Å². The first-order chi connectivity index (χ1) is 13.1. The lowest BCUT2D eigenvalue weighted by molar-refractivity contribution is 0.0526.